The summed E-state index contributed by atoms with van der Waals surface area (Å²) >= 11 is 0. The Kier molecular flexibility index (Phi) is 15.2. The van der Waals surface area contributed by atoms with E-state index in [0.29, 0.717) is 0 Å². The minimum atomic E-state index is 0.746. The van der Waals surface area contributed by atoms with Gasteiger partial charge >= 0.3 is 0 Å². The van der Waals surface area contributed by atoms with E-state index >= 15 is 0 Å². The Hall–Kier alpha value is -1.11. The van der Waals surface area contributed by atoms with Crippen LogP contribution in [0.25, 0.3) is 0 Å². The van der Waals surface area contributed by atoms with Gasteiger partial charge in [-0.2, -0.15) is 0 Å². The maximum atomic E-state index is 7.09. The van der Waals surface area contributed by atoms with Crippen LogP contribution in [0.1, 0.15) is 66.9 Å². The minimum Gasteiger partial charge on any atom is -0.310 e. The SMILES string of the molecule is CC.CC(=N)CCC(C)C.CC(C)Cc1ccccc1. The van der Waals surface area contributed by atoms with Gasteiger partial charge in [-0.3, -0.25) is 0 Å². The fourth-order valence-electron chi connectivity index (χ4n) is 1.59. The van der Waals surface area contributed by atoms with Gasteiger partial charge in [0.05, 0.1) is 0 Å². The third kappa shape index (κ3) is 16.9. The Balaban J connectivity index is 0. The Morgan fingerprint density at radius 3 is 1.75 bits per heavy atom. The lowest BCUT2D eigenvalue weighted by Crippen LogP contribution is -1.92. The fourth-order valence-corrected chi connectivity index (χ4v) is 1.59. The summed E-state index contributed by atoms with van der Waals surface area (Å²) in [6, 6.07) is 10.6. The van der Waals surface area contributed by atoms with Crippen LogP contribution in [-0.2, 0) is 6.42 Å². The van der Waals surface area contributed by atoms with Gasteiger partial charge in [0.25, 0.3) is 0 Å². The van der Waals surface area contributed by atoms with E-state index in [9.17, 15) is 0 Å². The van der Waals surface area contributed by atoms with Crippen molar-refractivity contribution in [3.8, 4) is 0 Å². The summed E-state index contributed by atoms with van der Waals surface area (Å²) in [6.45, 7) is 14.7. The van der Waals surface area contributed by atoms with Crippen LogP contribution in [0.2, 0.25) is 0 Å². The molecule has 0 saturated heterocycles. The standard InChI is InChI=1S/C10H14.C7H15N.C2H6/c1-9(2)8-10-6-4-3-5-7-10;1-6(2)4-5-7(3)8;1-2/h3-7,9H,8H2,1-2H3;6,8H,4-5H2,1-3H3;1-2H3. The molecule has 1 nitrogen and oxygen atoms in total. The summed E-state index contributed by atoms with van der Waals surface area (Å²) in [5, 5.41) is 7.09. The molecular formula is C19H35N. The van der Waals surface area contributed by atoms with E-state index in [4.69, 9.17) is 5.41 Å². The smallest absolute Gasteiger partial charge is 0.00583 e. The summed E-state index contributed by atoms with van der Waals surface area (Å²) in [7, 11) is 0. The lowest BCUT2D eigenvalue weighted by Gasteiger charge is -2.02. The Morgan fingerprint density at radius 1 is 0.950 bits per heavy atom. The number of nitrogens with one attached hydrogen (secondary N) is 1. The van der Waals surface area contributed by atoms with E-state index in [1.54, 1.807) is 0 Å². The molecule has 1 rings (SSSR count). The zero-order valence-electron chi connectivity index (χ0n) is 14.7. The van der Waals surface area contributed by atoms with Crippen molar-refractivity contribution in [1.29, 1.82) is 5.41 Å². The van der Waals surface area contributed by atoms with Gasteiger partial charge in [0.2, 0.25) is 0 Å². The molecule has 0 amide bonds. The first-order valence-corrected chi connectivity index (χ1v) is 7.99. The zero-order chi connectivity index (χ0) is 16.0. The van der Waals surface area contributed by atoms with Gasteiger partial charge in [-0.15, -0.1) is 0 Å². The van der Waals surface area contributed by atoms with Crippen molar-refractivity contribution in [1.82, 2.24) is 0 Å². The van der Waals surface area contributed by atoms with Gasteiger partial charge in [-0.1, -0.05) is 71.9 Å². The molecule has 0 fully saturated rings. The van der Waals surface area contributed by atoms with Gasteiger partial charge in [-0.25, -0.2) is 0 Å². The van der Waals surface area contributed by atoms with Crippen molar-refractivity contribution in [2.75, 3.05) is 0 Å². The molecule has 1 aromatic rings. The quantitative estimate of drug-likeness (QED) is 0.604. The van der Waals surface area contributed by atoms with Crippen molar-refractivity contribution in [2.45, 2.75) is 67.7 Å². The first-order chi connectivity index (χ1) is 9.41. The highest BCUT2D eigenvalue weighted by molar-refractivity contribution is 5.78. The van der Waals surface area contributed by atoms with Crippen LogP contribution in [0, 0.1) is 17.2 Å². The molecule has 0 spiro atoms. The maximum Gasteiger partial charge on any atom is 0.00583 e. The van der Waals surface area contributed by atoms with Crippen LogP contribution in [0.3, 0.4) is 0 Å². The second-order valence-corrected chi connectivity index (χ2v) is 5.80. The third-order valence-electron chi connectivity index (χ3n) is 2.58. The van der Waals surface area contributed by atoms with E-state index in [0.717, 1.165) is 30.4 Å². The first-order valence-electron chi connectivity index (χ1n) is 7.99. The molecule has 0 saturated carbocycles. The number of benzene rings is 1. The van der Waals surface area contributed by atoms with Crippen molar-refractivity contribution >= 4 is 5.71 Å². The van der Waals surface area contributed by atoms with Crippen LogP contribution in [0.5, 0.6) is 0 Å². The highest BCUT2D eigenvalue weighted by atomic mass is 14.4. The van der Waals surface area contributed by atoms with E-state index in [1.165, 1.54) is 12.0 Å². The molecular weight excluding hydrogens is 242 g/mol. The predicted octanol–water partition coefficient (Wildman–Crippen LogP) is 6.37. The number of hydrogen-bond donors (Lipinski definition) is 1. The average Bonchev–Trinajstić information content (AvgIpc) is 2.40. The second-order valence-electron chi connectivity index (χ2n) is 5.80. The molecule has 0 bridgehead atoms. The monoisotopic (exact) mass is 277 g/mol. The summed E-state index contributed by atoms with van der Waals surface area (Å²) in [5.74, 6) is 1.51. The predicted molar refractivity (Wildman–Crippen MR) is 93.8 cm³/mol. The van der Waals surface area contributed by atoms with E-state index < -0.39 is 0 Å². The highest BCUT2D eigenvalue weighted by Gasteiger charge is 1.94. The zero-order valence-corrected chi connectivity index (χ0v) is 14.7. The van der Waals surface area contributed by atoms with Gasteiger partial charge in [-0.05, 0) is 43.6 Å². The van der Waals surface area contributed by atoms with Crippen molar-refractivity contribution in [2.24, 2.45) is 11.8 Å². The molecule has 0 unspecified atom stereocenters. The average molecular weight is 277 g/mol. The fraction of sp³-hybridized carbons (Fsp3) is 0.632. The van der Waals surface area contributed by atoms with E-state index in [1.807, 2.05) is 20.8 Å². The molecule has 1 heteroatoms. The lowest BCUT2D eigenvalue weighted by atomic mass is 10.0. The normalized spacial score (nSPS) is 9.45. The van der Waals surface area contributed by atoms with Crippen molar-refractivity contribution in [3.05, 3.63) is 35.9 Å². The Labute approximate surface area is 127 Å². The van der Waals surface area contributed by atoms with Gasteiger partial charge in [0.15, 0.2) is 0 Å². The van der Waals surface area contributed by atoms with Gasteiger partial charge < -0.3 is 5.41 Å². The Morgan fingerprint density at radius 2 is 1.45 bits per heavy atom. The minimum absolute atomic E-state index is 0.746. The van der Waals surface area contributed by atoms with Crippen LogP contribution < -0.4 is 0 Å². The highest BCUT2D eigenvalue weighted by Crippen LogP contribution is 2.06. The molecule has 0 radical (unpaired) electrons. The van der Waals surface area contributed by atoms with Crippen molar-refractivity contribution in [3.63, 3.8) is 0 Å². The van der Waals surface area contributed by atoms with E-state index in [-0.39, 0.29) is 0 Å². The molecule has 20 heavy (non-hydrogen) atoms. The molecule has 0 atom stereocenters. The maximum absolute atomic E-state index is 7.09. The van der Waals surface area contributed by atoms with E-state index in [2.05, 4.69) is 58.0 Å². The molecule has 0 aromatic heterocycles. The Bertz CT molecular complexity index is 312. The van der Waals surface area contributed by atoms with Crippen LogP contribution in [0.4, 0.5) is 0 Å². The molecule has 116 valence electrons. The summed E-state index contributed by atoms with van der Waals surface area (Å²) in [5.41, 5.74) is 2.25. The van der Waals surface area contributed by atoms with Crippen molar-refractivity contribution < 1.29 is 0 Å². The largest absolute Gasteiger partial charge is 0.310 e. The molecule has 0 aliphatic rings. The number of hydrogen-bond acceptors (Lipinski definition) is 1. The topological polar surface area (TPSA) is 23.9 Å². The first kappa shape index (κ1) is 21.2. The summed E-state index contributed by atoms with van der Waals surface area (Å²) in [6.07, 6.45) is 3.33. The summed E-state index contributed by atoms with van der Waals surface area (Å²) in [4.78, 5) is 0. The molecule has 0 aliphatic carbocycles. The van der Waals surface area contributed by atoms with Crippen LogP contribution in [-0.4, -0.2) is 5.71 Å². The molecule has 1 N–H and O–H groups in total. The molecule has 0 heterocycles. The van der Waals surface area contributed by atoms with Crippen LogP contribution >= 0.6 is 0 Å². The van der Waals surface area contributed by atoms with Gasteiger partial charge in [0.1, 0.15) is 0 Å². The van der Waals surface area contributed by atoms with Gasteiger partial charge in [0, 0.05) is 5.71 Å². The van der Waals surface area contributed by atoms with Crippen LogP contribution in [0.15, 0.2) is 30.3 Å². The summed E-state index contributed by atoms with van der Waals surface area (Å²) < 4.78 is 0. The molecule has 0 aliphatic heterocycles. The lowest BCUT2D eigenvalue weighted by molar-refractivity contribution is 0.602. The molecule has 1 aromatic carbocycles. The third-order valence-corrected chi connectivity index (χ3v) is 2.58. The second kappa shape index (κ2) is 14.3. The number of rotatable bonds is 5.